The van der Waals surface area contributed by atoms with E-state index >= 15 is 0 Å². The highest BCUT2D eigenvalue weighted by molar-refractivity contribution is 7.14. The van der Waals surface area contributed by atoms with Gasteiger partial charge in [-0.3, -0.25) is 20.1 Å². The van der Waals surface area contributed by atoms with E-state index in [1.807, 2.05) is 22.9 Å². The molecule has 0 unspecified atom stereocenters. The van der Waals surface area contributed by atoms with Crippen LogP contribution in [-0.4, -0.2) is 31.8 Å². The van der Waals surface area contributed by atoms with Crippen LogP contribution in [-0.2, 0) is 6.54 Å². The van der Waals surface area contributed by atoms with E-state index in [0.717, 1.165) is 17.3 Å². The number of carbonyl (C=O) groups is 1. The summed E-state index contributed by atoms with van der Waals surface area (Å²) in [5.74, 6) is -0.682. The first-order chi connectivity index (χ1) is 16.3. The van der Waals surface area contributed by atoms with E-state index in [1.54, 1.807) is 42.9 Å². The first kappa shape index (κ1) is 23.2. The molecule has 0 aromatic carbocycles. The van der Waals surface area contributed by atoms with Crippen LogP contribution in [0.5, 0.6) is 5.75 Å². The van der Waals surface area contributed by atoms with Crippen molar-refractivity contribution in [3.05, 3.63) is 89.2 Å². The van der Waals surface area contributed by atoms with E-state index in [4.69, 9.17) is 0 Å². The number of rotatable bonds is 7. The molecular formula is C23H18F3N5O2S. The maximum absolute atomic E-state index is 12.8. The number of thiazole rings is 1. The topological polar surface area (TPSA) is 81.9 Å². The second-order valence-corrected chi connectivity index (χ2v) is 8.02. The average Bonchev–Trinajstić information content (AvgIpc) is 3.44. The number of nitrogens with zero attached hydrogens (tertiary/aromatic N) is 4. The SMILES string of the molecule is CC(=Cc1ccc(OC(F)(F)F)cn1)c1csc(NC(=O)c2cccn2Cc2ccncc2)n1. The maximum atomic E-state index is 12.8. The van der Waals surface area contributed by atoms with Crippen molar-refractivity contribution in [3.8, 4) is 5.75 Å². The van der Waals surface area contributed by atoms with Crippen LogP contribution in [0.25, 0.3) is 11.6 Å². The number of halogens is 3. The third kappa shape index (κ3) is 6.07. The number of ether oxygens (including phenoxy) is 1. The minimum absolute atomic E-state index is 0.288. The van der Waals surface area contributed by atoms with Gasteiger partial charge in [0.25, 0.3) is 5.91 Å². The Bertz CT molecular complexity index is 1300. The number of allylic oxidation sites excluding steroid dienone is 1. The summed E-state index contributed by atoms with van der Waals surface area (Å²) in [6.07, 6.45) is 3.14. The van der Waals surface area contributed by atoms with Crippen LogP contribution in [0.3, 0.4) is 0 Å². The van der Waals surface area contributed by atoms with Gasteiger partial charge in [-0.1, -0.05) is 0 Å². The van der Waals surface area contributed by atoms with Gasteiger partial charge in [-0.15, -0.1) is 24.5 Å². The number of hydrogen-bond acceptors (Lipinski definition) is 6. The van der Waals surface area contributed by atoms with Crippen LogP contribution in [0.2, 0.25) is 0 Å². The van der Waals surface area contributed by atoms with E-state index in [-0.39, 0.29) is 5.91 Å². The van der Waals surface area contributed by atoms with Crippen molar-refractivity contribution in [2.24, 2.45) is 0 Å². The van der Waals surface area contributed by atoms with Crippen molar-refractivity contribution in [1.82, 2.24) is 19.5 Å². The molecule has 0 bridgehead atoms. The molecule has 4 heterocycles. The third-order valence-corrected chi connectivity index (χ3v) is 5.41. The van der Waals surface area contributed by atoms with Crippen molar-refractivity contribution in [3.63, 3.8) is 0 Å². The zero-order chi connectivity index (χ0) is 24.1. The Balaban J connectivity index is 1.42. The lowest BCUT2D eigenvalue weighted by molar-refractivity contribution is -0.274. The van der Waals surface area contributed by atoms with Crippen molar-refractivity contribution in [2.75, 3.05) is 5.32 Å². The number of nitrogens with one attached hydrogen (secondary N) is 1. The Morgan fingerprint density at radius 3 is 2.71 bits per heavy atom. The van der Waals surface area contributed by atoms with Gasteiger partial charge in [-0.05, 0) is 60.5 Å². The summed E-state index contributed by atoms with van der Waals surface area (Å²) in [5.41, 5.74) is 3.30. The Labute approximate surface area is 196 Å². The first-order valence-corrected chi connectivity index (χ1v) is 10.9. The lowest BCUT2D eigenvalue weighted by Crippen LogP contribution is -2.17. The van der Waals surface area contributed by atoms with Crippen LogP contribution in [0.1, 0.15) is 34.4 Å². The largest absolute Gasteiger partial charge is 0.573 e. The zero-order valence-corrected chi connectivity index (χ0v) is 18.6. The van der Waals surface area contributed by atoms with Gasteiger partial charge < -0.3 is 9.30 Å². The van der Waals surface area contributed by atoms with Crippen LogP contribution in [0.4, 0.5) is 18.3 Å². The number of carbonyl (C=O) groups excluding carboxylic acids is 1. The molecule has 0 atom stereocenters. The summed E-state index contributed by atoms with van der Waals surface area (Å²) >= 11 is 1.27. The summed E-state index contributed by atoms with van der Waals surface area (Å²) in [5, 5.41) is 5.01. The quantitative estimate of drug-likeness (QED) is 0.374. The van der Waals surface area contributed by atoms with Gasteiger partial charge in [0, 0.05) is 30.5 Å². The molecule has 0 saturated carbocycles. The number of hydrogen-bond donors (Lipinski definition) is 1. The third-order valence-electron chi connectivity index (χ3n) is 4.65. The highest BCUT2D eigenvalue weighted by Crippen LogP contribution is 2.25. The molecule has 34 heavy (non-hydrogen) atoms. The van der Waals surface area contributed by atoms with Crippen molar-refractivity contribution in [2.45, 2.75) is 19.8 Å². The van der Waals surface area contributed by atoms with Gasteiger partial charge >= 0.3 is 6.36 Å². The molecular weight excluding hydrogens is 467 g/mol. The van der Waals surface area contributed by atoms with Crippen LogP contribution in [0.15, 0.2) is 66.6 Å². The van der Waals surface area contributed by atoms with Gasteiger partial charge in [0.2, 0.25) is 0 Å². The fourth-order valence-corrected chi connectivity index (χ4v) is 3.85. The van der Waals surface area contributed by atoms with Gasteiger partial charge in [0.1, 0.15) is 11.4 Å². The maximum Gasteiger partial charge on any atom is 0.573 e. The molecule has 0 radical (unpaired) electrons. The van der Waals surface area contributed by atoms with Crippen LogP contribution >= 0.6 is 11.3 Å². The highest BCUT2D eigenvalue weighted by atomic mass is 32.1. The summed E-state index contributed by atoms with van der Waals surface area (Å²) in [6.45, 7) is 2.32. The molecule has 0 saturated heterocycles. The molecule has 11 heteroatoms. The molecule has 0 aliphatic rings. The summed E-state index contributed by atoms with van der Waals surface area (Å²) in [7, 11) is 0. The minimum Gasteiger partial charge on any atom is -0.404 e. The Morgan fingerprint density at radius 1 is 1.21 bits per heavy atom. The highest BCUT2D eigenvalue weighted by Gasteiger charge is 2.31. The Hall–Kier alpha value is -3.99. The number of aromatic nitrogens is 4. The van der Waals surface area contributed by atoms with Gasteiger partial charge in [0.15, 0.2) is 5.13 Å². The molecule has 1 N–H and O–H groups in total. The van der Waals surface area contributed by atoms with Gasteiger partial charge in [0.05, 0.1) is 17.6 Å². The molecule has 7 nitrogen and oxygen atoms in total. The Morgan fingerprint density at radius 2 is 2.00 bits per heavy atom. The van der Waals surface area contributed by atoms with E-state index in [1.165, 1.54) is 23.5 Å². The Kier molecular flexibility index (Phi) is 6.73. The molecule has 0 spiro atoms. The van der Waals surface area contributed by atoms with E-state index in [2.05, 4.69) is 25.0 Å². The standard InChI is InChI=1S/C23H18F3N5O2S/c1-15(11-17-4-5-18(12-28-17)33-23(24,25)26)19-14-34-22(29-19)30-21(32)20-3-2-10-31(20)13-16-6-8-27-9-7-16/h2-12,14H,13H2,1H3,(H,29,30,32). The second kappa shape index (κ2) is 9.87. The molecule has 1 amide bonds. The predicted octanol–water partition coefficient (Wildman–Crippen LogP) is 5.49. The summed E-state index contributed by atoms with van der Waals surface area (Å²) < 4.78 is 42.5. The monoisotopic (exact) mass is 485 g/mol. The zero-order valence-electron chi connectivity index (χ0n) is 17.8. The number of pyridine rings is 2. The molecule has 4 rings (SSSR count). The smallest absolute Gasteiger partial charge is 0.404 e. The first-order valence-electron chi connectivity index (χ1n) is 9.98. The number of anilines is 1. The van der Waals surface area contributed by atoms with Crippen molar-refractivity contribution in [1.29, 1.82) is 0 Å². The number of amides is 1. The van der Waals surface area contributed by atoms with E-state index in [9.17, 15) is 18.0 Å². The molecule has 4 aromatic rings. The van der Waals surface area contributed by atoms with Crippen LogP contribution < -0.4 is 10.1 Å². The molecule has 0 aliphatic carbocycles. The molecule has 4 aromatic heterocycles. The van der Waals surface area contributed by atoms with E-state index < -0.39 is 12.1 Å². The predicted molar refractivity (Wildman–Crippen MR) is 122 cm³/mol. The van der Waals surface area contributed by atoms with Crippen molar-refractivity contribution < 1.29 is 22.7 Å². The number of alkyl halides is 3. The molecule has 0 fully saturated rings. The molecule has 174 valence electrons. The molecule has 0 aliphatic heterocycles. The minimum atomic E-state index is -4.77. The van der Waals surface area contributed by atoms with Crippen molar-refractivity contribution >= 4 is 34.0 Å². The lowest BCUT2D eigenvalue weighted by atomic mass is 10.2. The summed E-state index contributed by atoms with van der Waals surface area (Å²) in [4.78, 5) is 25.2. The van der Waals surface area contributed by atoms with Gasteiger partial charge in [-0.25, -0.2) is 4.98 Å². The van der Waals surface area contributed by atoms with Crippen LogP contribution in [0, 0.1) is 0 Å². The lowest BCUT2D eigenvalue weighted by Gasteiger charge is -2.08. The fraction of sp³-hybridized carbons (Fsp3) is 0.130. The average molecular weight is 485 g/mol. The normalized spacial score (nSPS) is 11.9. The fourth-order valence-electron chi connectivity index (χ4n) is 3.08. The van der Waals surface area contributed by atoms with Gasteiger partial charge in [-0.2, -0.15) is 0 Å². The summed E-state index contributed by atoms with van der Waals surface area (Å²) in [6, 6.07) is 9.90. The second-order valence-electron chi connectivity index (χ2n) is 7.16. The van der Waals surface area contributed by atoms with E-state index in [0.29, 0.717) is 28.8 Å².